The normalized spacial score (nSPS) is 10.4. The SMILES string of the molecule is CNCc1nnc(Nc2cc(Br)cc(OC)c2)o1. The number of hydrogen-bond donors (Lipinski definition) is 2. The van der Waals surface area contributed by atoms with Crippen LogP contribution in [0.25, 0.3) is 0 Å². The van der Waals surface area contributed by atoms with E-state index in [9.17, 15) is 0 Å². The number of aromatic nitrogens is 2. The third kappa shape index (κ3) is 3.21. The summed E-state index contributed by atoms with van der Waals surface area (Å²) in [4.78, 5) is 0. The number of halogens is 1. The van der Waals surface area contributed by atoms with E-state index < -0.39 is 0 Å². The molecule has 6 nitrogen and oxygen atoms in total. The van der Waals surface area contributed by atoms with E-state index in [2.05, 4.69) is 36.8 Å². The molecule has 2 rings (SSSR count). The van der Waals surface area contributed by atoms with Gasteiger partial charge in [-0.25, -0.2) is 0 Å². The highest BCUT2D eigenvalue weighted by atomic mass is 79.9. The first-order valence-electron chi connectivity index (χ1n) is 5.30. The summed E-state index contributed by atoms with van der Waals surface area (Å²) in [6.07, 6.45) is 0. The van der Waals surface area contributed by atoms with Crippen molar-refractivity contribution in [1.82, 2.24) is 15.5 Å². The van der Waals surface area contributed by atoms with Crippen LogP contribution < -0.4 is 15.4 Å². The Morgan fingerprint density at radius 3 is 2.89 bits per heavy atom. The predicted octanol–water partition coefficient (Wildman–Crippen LogP) is 2.30. The monoisotopic (exact) mass is 312 g/mol. The lowest BCUT2D eigenvalue weighted by Gasteiger charge is -2.05. The number of ether oxygens (including phenoxy) is 1. The number of anilines is 2. The van der Waals surface area contributed by atoms with Crippen LogP contribution >= 0.6 is 15.9 Å². The second kappa shape index (κ2) is 5.83. The molecule has 18 heavy (non-hydrogen) atoms. The van der Waals surface area contributed by atoms with Gasteiger partial charge >= 0.3 is 6.01 Å². The van der Waals surface area contributed by atoms with Gasteiger partial charge in [0.25, 0.3) is 0 Å². The molecule has 0 radical (unpaired) electrons. The van der Waals surface area contributed by atoms with E-state index >= 15 is 0 Å². The molecule has 0 aliphatic heterocycles. The Bertz CT molecular complexity index is 530. The molecule has 7 heteroatoms. The molecule has 0 spiro atoms. The van der Waals surface area contributed by atoms with Crippen LogP contribution in [0, 0.1) is 0 Å². The largest absolute Gasteiger partial charge is 0.497 e. The van der Waals surface area contributed by atoms with Gasteiger partial charge in [-0.1, -0.05) is 21.0 Å². The third-order valence-corrected chi connectivity index (χ3v) is 2.61. The van der Waals surface area contributed by atoms with Crippen molar-refractivity contribution in [1.29, 1.82) is 0 Å². The molecule has 0 amide bonds. The van der Waals surface area contributed by atoms with Gasteiger partial charge in [0.1, 0.15) is 5.75 Å². The Kier molecular flexibility index (Phi) is 4.16. The van der Waals surface area contributed by atoms with Crippen LogP contribution in [0.15, 0.2) is 27.1 Å². The van der Waals surface area contributed by atoms with Gasteiger partial charge in [-0.05, 0) is 19.2 Å². The Morgan fingerprint density at radius 2 is 2.17 bits per heavy atom. The summed E-state index contributed by atoms with van der Waals surface area (Å²) >= 11 is 3.40. The van der Waals surface area contributed by atoms with Gasteiger partial charge < -0.3 is 19.8 Å². The fourth-order valence-electron chi connectivity index (χ4n) is 1.40. The maximum atomic E-state index is 5.39. The Labute approximate surface area is 113 Å². The predicted molar refractivity (Wildman–Crippen MR) is 71.0 cm³/mol. The van der Waals surface area contributed by atoms with E-state index in [4.69, 9.17) is 9.15 Å². The van der Waals surface area contributed by atoms with Crippen molar-refractivity contribution in [3.8, 4) is 5.75 Å². The van der Waals surface area contributed by atoms with E-state index in [-0.39, 0.29) is 0 Å². The molecule has 1 aromatic heterocycles. The number of nitrogens with one attached hydrogen (secondary N) is 2. The Balaban J connectivity index is 2.14. The lowest BCUT2D eigenvalue weighted by atomic mass is 10.3. The zero-order valence-corrected chi connectivity index (χ0v) is 11.6. The van der Waals surface area contributed by atoms with Crippen molar-refractivity contribution >= 4 is 27.6 Å². The average molecular weight is 313 g/mol. The van der Waals surface area contributed by atoms with Crippen molar-refractivity contribution in [3.05, 3.63) is 28.6 Å². The number of benzene rings is 1. The Morgan fingerprint density at radius 1 is 1.33 bits per heavy atom. The maximum absolute atomic E-state index is 5.39. The molecule has 0 aliphatic rings. The molecule has 0 bridgehead atoms. The minimum atomic E-state index is 0.348. The maximum Gasteiger partial charge on any atom is 0.320 e. The zero-order valence-electron chi connectivity index (χ0n) is 10.0. The molecule has 1 heterocycles. The topological polar surface area (TPSA) is 72.2 Å². The van der Waals surface area contributed by atoms with Gasteiger partial charge in [0, 0.05) is 16.2 Å². The highest BCUT2D eigenvalue weighted by molar-refractivity contribution is 9.10. The Hall–Kier alpha value is -1.60. The van der Waals surface area contributed by atoms with E-state index in [0.29, 0.717) is 18.5 Å². The van der Waals surface area contributed by atoms with Crippen LogP contribution in [0.1, 0.15) is 5.89 Å². The van der Waals surface area contributed by atoms with Crippen LogP contribution in [0.2, 0.25) is 0 Å². The molecule has 1 aromatic carbocycles. The highest BCUT2D eigenvalue weighted by Gasteiger charge is 2.06. The molecular weight excluding hydrogens is 300 g/mol. The second-order valence-corrected chi connectivity index (χ2v) is 4.45. The fourth-order valence-corrected chi connectivity index (χ4v) is 1.88. The summed E-state index contributed by atoms with van der Waals surface area (Å²) in [6, 6.07) is 5.95. The number of methoxy groups -OCH3 is 1. The summed E-state index contributed by atoms with van der Waals surface area (Å²) < 4.78 is 11.5. The van der Waals surface area contributed by atoms with Gasteiger partial charge in [0.2, 0.25) is 5.89 Å². The third-order valence-electron chi connectivity index (χ3n) is 2.15. The van der Waals surface area contributed by atoms with E-state index in [1.54, 1.807) is 7.11 Å². The minimum Gasteiger partial charge on any atom is -0.497 e. The number of nitrogens with zero attached hydrogens (tertiary/aromatic N) is 2. The molecule has 96 valence electrons. The van der Waals surface area contributed by atoms with Crippen LogP contribution in [-0.4, -0.2) is 24.4 Å². The molecule has 0 unspecified atom stereocenters. The van der Waals surface area contributed by atoms with E-state index in [1.165, 1.54) is 0 Å². The van der Waals surface area contributed by atoms with E-state index in [0.717, 1.165) is 15.9 Å². The lowest BCUT2D eigenvalue weighted by Crippen LogP contribution is -2.04. The van der Waals surface area contributed by atoms with Crippen molar-refractivity contribution in [2.45, 2.75) is 6.54 Å². The summed E-state index contributed by atoms with van der Waals surface area (Å²) in [7, 11) is 3.43. The summed E-state index contributed by atoms with van der Waals surface area (Å²) in [5.41, 5.74) is 0.806. The van der Waals surface area contributed by atoms with Gasteiger partial charge in [-0.2, -0.15) is 0 Å². The minimum absolute atomic E-state index is 0.348. The van der Waals surface area contributed by atoms with Gasteiger partial charge in [-0.15, -0.1) is 5.10 Å². The van der Waals surface area contributed by atoms with Crippen molar-refractivity contribution in [2.24, 2.45) is 0 Å². The first-order valence-corrected chi connectivity index (χ1v) is 6.09. The summed E-state index contributed by atoms with van der Waals surface area (Å²) in [5.74, 6) is 1.27. The first kappa shape index (κ1) is 12.8. The molecule has 0 aliphatic carbocycles. The van der Waals surface area contributed by atoms with Crippen molar-refractivity contribution in [3.63, 3.8) is 0 Å². The molecule has 2 N–H and O–H groups in total. The molecule has 0 saturated heterocycles. The van der Waals surface area contributed by atoms with Crippen LogP contribution in [-0.2, 0) is 6.54 Å². The molecule has 0 atom stereocenters. The van der Waals surface area contributed by atoms with Crippen LogP contribution in [0.4, 0.5) is 11.7 Å². The van der Waals surface area contributed by atoms with Gasteiger partial charge in [0.05, 0.1) is 13.7 Å². The zero-order chi connectivity index (χ0) is 13.0. The fraction of sp³-hybridized carbons (Fsp3) is 0.273. The summed E-state index contributed by atoms with van der Waals surface area (Å²) in [6.45, 7) is 0.538. The second-order valence-electron chi connectivity index (χ2n) is 3.54. The molecule has 0 fully saturated rings. The van der Waals surface area contributed by atoms with Gasteiger partial charge in [-0.3, -0.25) is 0 Å². The standard InChI is InChI=1S/C11H13BrN4O2/c1-13-6-10-15-16-11(18-10)14-8-3-7(12)4-9(5-8)17-2/h3-5,13H,6H2,1-2H3,(H,14,16). The van der Waals surface area contributed by atoms with Gasteiger partial charge in [0.15, 0.2) is 0 Å². The number of rotatable bonds is 5. The van der Waals surface area contributed by atoms with Crippen LogP contribution in [0.3, 0.4) is 0 Å². The lowest BCUT2D eigenvalue weighted by molar-refractivity contribution is 0.414. The van der Waals surface area contributed by atoms with Crippen molar-refractivity contribution in [2.75, 3.05) is 19.5 Å². The quantitative estimate of drug-likeness (QED) is 0.882. The van der Waals surface area contributed by atoms with Crippen LogP contribution in [0.5, 0.6) is 5.75 Å². The smallest absolute Gasteiger partial charge is 0.320 e. The highest BCUT2D eigenvalue weighted by Crippen LogP contribution is 2.26. The van der Waals surface area contributed by atoms with Crippen molar-refractivity contribution < 1.29 is 9.15 Å². The molecule has 2 aromatic rings. The van der Waals surface area contributed by atoms with E-state index in [1.807, 2.05) is 25.2 Å². The molecular formula is C11H13BrN4O2. The summed E-state index contributed by atoms with van der Waals surface area (Å²) in [5, 5.41) is 13.7. The molecule has 0 saturated carbocycles. The number of hydrogen-bond acceptors (Lipinski definition) is 6. The average Bonchev–Trinajstić information content (AvgIpc) is 2.76. The first-order chi connectivity index (χ1) is 8.71.